The Kier molecular flexibility index (Phi) is 6.79. The van der Waals surface area contributed by atoms with Gasteiger partial charge in [0.05, 0.1) is 17.8 Å². The molecule has 1 aliphatic carbocycles. The van der Waals surface area contributed by atoms with E-state index < -0.39 is 25.7 Å². The molecule has 0 amide bonds. The predicted molar refractivity (Wildman–Crippen MR) is 110 cm³/mol. The summed E-state index contributed by atoms with van der Waals surface area (Å²) >= 11 is 0. The Bertz CT molecular complexity index is 669. The van der Waals surface area contributed by atoms with Crippen molar-refractivity contribution in [3.05, 3.63) is 34.9 Å². The number of benzene rings is 1. The summed E-state index contributed by atoms with van der Waals surface area (Å²) in [6.45, 7) is 12.3. The highest BCUT2D eigenvalue weighted by molar-refractivity contribution is 6.74. The van der Waals surface area contributed by atoms with Crippen LogP contribution in [0.1, 0.15) is 76.5 Å². The van der Waals surface area contributed by atoms with Crippen molar-refractivity contribution >= 4 is 8.32 Å². The van der Waals surface area contributed by atoms with E-state index in [1.807, 2.05) is 0 Å². The number of aliphatic hydroxyl groups is 1. The molecule has 0 bridgehead atoms. The van der Waals surface area contributed by atoms with Crippen molar-refractivity contribution in [3.63, 3.8) is 0 Å². The first-order valence-electron chi connectivity index (χ1n) is 10.2. The zero-order valence-corrected chi connectivity index (χ0v) is 19.0. The molecule has 6 heteroatoms. The van der Waals surface area contributed by atoms with Crippen molar-refractivity contribution in [2.24, 2.45) is 5.92 Å². The van der Waals surface area contributed by atoms with Gasteiger partial charge in [-0.2, -0.15) is 13.2 Å². The zero-order valence-electron chi connectivity index (χ0n) is 18.0. The molecule has 0 heterocycles. The lowest BCUT2D eigenvalue weighted by Gasteiger charge is -2.39. The molecule has 160 valence electrons. The molecule has 28 heavy (non-hydrogen) atoms. The molecule has 1 unspecified atom stereocenters. The number of hydrogen-bond acceptors (Lipinski definition) is 2. The van der Waals surface area contributed by atoms with Gasteiger partial charge in [0.15, 0.2) is 8.32 Å². The molecule has 1 N–H and O–H groups in total. The van der Waals surface area contributed by atoms with Crippen LogP contribution < -0.4 is 0 Å². The number of rotatable bonds is 5. The van der Waals surface area contributed by atoms with Crippen LogP contribution in [0.5, 0.6) is 0 Å². The zero-order chi connectivity index (χ0) is 21.4. The molecule has 1 aromatic rings. The first kappa shape index (κ1) is 23.4. The average Bonchev–Trinajstić information content (AvgIpc) is 2.58. The Morgan fingerprint density at radius 3 is 2.11 bits per heavy atom. The summed E-state index contributed by atoms with van der Waals surface area (Å²) in [5, 5.41) is 11.3. The van der Waals surface area contributed by atoms with Crippen LogP contribution in [-0.2, 0) is 22.8 Å². The molecule has 0 radical (unpaired) electrons. The number of hydrogen-bond donors (Lipinski definition) is 1. The van der Waals surface area contributed by atoms with Gasteiger partial charge in [0, 0.05) is 0 Å². The SMILES string of the molecule is CC(O)(c1ccc(C(F)(F)F)cc1CO[Si](C)(C)C(C)(C)C)C1CCCCC1. The van der Waals surface area contributed by atoms with E-state index in [4.69, 9.17) is 4.43 Å². The van der Waals surface area contributed by atoms with Gasteiger partial charge in [-0.3, -0.25) is 0 Å². The van der Waals surface area contributed by atoms with Crippen LogP contribution in [0.4, 0.5) is 13.2 Å². The topological polar surface area (TPSA) is 29.5 Å². The molecule has 2 nitrogen and oxygen atoms in total. The van der Waals surface area contributed by atoms with Crippen molar-refractivity contribution in [2.45, 2.75) is 96.3 Å². The Hall–Kier alpha value is -0.853. The second-order valence-corrected chi connectivity index (χ2v) is 14.7. The van der Waals surface area contributed by atoms with Gasteiger partial charge in [0.1, 0.15) is 0 Å². The van der Waals surface area contributed by atoms with Crippen LogP contribution in [0.3, 0.4) is 0 Å². The van der Waals surface area contributed by atoms with Crippen LogP contribution in [-0.4, -0.2) is 13.4 Å². The fraction of sp³-hybridized carbons (Fsp3) is 0.727. The number of halogens is 3. The molecule has 1 aliphatic rings. The molecule has 0 saturated heterocycles. The normalized spacial score (nSPS) is 19.5. The molecule has 0 spiro atoms. The van der Waals surface area contributed by atoms with E-state index in [0.717, 1.165) is 38.2 Å². The second-order valence-electron chi connectivity index (χ2n) is 9.90. The van der Waals surface area contributed by atoms with Gasteiger partial charge in [-0.15, -0.1) is 0 Å². The third kappa shape index (κ3) is 5.19. The first-order valence-corrected chi connectivity index (χ1v) is 13.1. The van der Waals surface area contributed by atoms with E-state index in [9.17, 15) is 18.3 Å². The lowest BCUT2D eigenvalue weighted by Crippen LogP contribution is -2.41. The van der Waals surface area contributed by atoms with Gasteiger partial charge in [0.2, 0.25) is 0 Å². The highest BCUT2D eigenvalue weighted by atomic mass is 28.4. The quantitative estimate of drug-likeness (QED) is 0.523. The van der Waals surface area contributed by atoms with E-state index in [1.54, 1.807) is 6.92 Å². The van der Waals surface area contributed by atoms with Crippen molar-refractivity contribution in [1.82, 2.24) is 0 Å². The van der Waals surface area contributed by atoms with Crippen LogP contribution in [0.25, 0.3) is 0 Å². The molecular formula is C22H35F3O2Si. The third-order valence-corrected chi connectivity index (χ3v) is 11.3. The second kappa shape index (κ2) is 8.11. The Morgan fingerprint density at radius 1 is 1.04 bits per heavy atom. The van der Waals surface area contributed by atoms with Gasteiger partial charge in [0.25, 0.3) is 0 Å². The smallest absolute Gasteiger partial charge is 0.413 e. The molecule has 1 aromatic carbocycles. The van der Waals surface area contributed by atoms with E-state index in [-0.39, 0.29) is 17.6 Å². The van der Waals surface area contributed by atoms with E-state index in [2.05, 4.69) is 33.9 Å². The predicted octanol–water partition coefficient (Wildman–Crippen LogP) is 7.02. The van der Waals surface area contributed by atoms with E-state index in [1.165, 1.54) is 12.1 Å². The Balaban J connectivity index is 2.42. The summed E-state index contributed by atoms with van der Waals surface area (Å²) in [4.78, 5) is 0. The van der Waals surface area contributed by atoms with Crippen molar-refractivity contribution in [3.8, 4) is 0 Å². The van der Waals surface area contributed by atoms with E-state index in [0.29, 0.717) is 11.1 Å². The van der Waals surface area contributed by atoms with Crippen LogP contribution >= 0.6 is 0 Å². The molecule has 0 aromatic heterocycles. The van der Waals surface area contributed by atoms with Gasteiger partial charge < -0.3 is 9.53 Å². The Morgan fingerprint density at radius 2 is 1.61 bits per heavy atom. The summed E-state index contributed by atoms with van der Waals surface area (Å²) in [6, 6.07) is 3.71. The maximum absolute atomic E-state index is 13.3. The molecular weight excluding hydrogens is 381 g/mol. The molecule has 1 atom stereocenters. The van der Waals surface area contributed by atoms with Gasteiger partial charge >= 0.3 is 6.18 Å². The Labute approximate surface area is 168 Å². The summed E-state index contributed by atoms with van der Waals surface area (Å²) in [5.74, 6) is 0.0598. The van der Waals surface area contributed by atoms with E-state index >= 15 is 0 Å². The standard InChI is InChI=1S/C22H35F3O2Si/c1-20(2,3)28(5,6)27-15-16-14-18(22(23,24)25)12-13-19(16)21(4,26)17-10-8-7-9-11-17/h12-14,17,26H,7-11,15H2,1-6H3. The van der Waals surface area contributed by atoms with Crippen LogP contribution in [0.2, 0.25) is 18.1 Å². The fourth-order valence-electron chi connectivity index (χ4n) is 3.74. The molecule has 1 fully saturated rings. The molecule has 0 aliphatic heterocycles. The summed E-state index contributed by atoms with van der Waals surface area (Å²) in [7, 11) is -2.14. The average molecular weight is 417 g/mol. The monoisotopic (exact) mass is 416 g/mol. The minimum atomic E-state index is -4.42. The fourth-order valence-corrected chi connectivity index (χ4v) is 4.69. The van der Waals surface area contributed by atoms with Crippen molar-refractivity contribution in [1.29, 1.82) is 0 Å². The van der Waals surface area contributed by atoms with Crippen LogP contribution in [0, 0.1) is 5.92 Å². The first-order chi connectivity index (χ1) is 12.7. The molecule has 2 rings (SSSR count). The van der Waals surface area contributed by atoms with Crippen LogP contribution in [0.15, 0.2) is 18.2 Å². The third-order valence-electron chi connectivity index (χ3n) is 6.77. The lowest BCUT2D eigenvalue weighted by molar-refractivity contribution is -0.137. The minimum absolute atomic E-state index is 0.0410. The summed E-state index contributed by atoms with van der Waals surface area (Å²) in [5.41, 5.74) is -0.817. The molecule has 1 saturated carbocycles. The van der Waals surface area contributed by atoms with Gasteiger partial charge in [-0.25, -0.2) is 0 Å². The number of alkyl halides is 3. The maximum atomic E-state index is 13.3. The summed E-state index contributed by atoms with van der Waals surface area (Å²) < 4.78 is 46.2. The largest absolute Gasteiger partial charge is 0.416 e. The maximum Gasteiger partial charge on any atom is 0.416 e. The lowest BCUT2D eigenvalue weighted by atomic mass is 9.73. The summed E-state index contributed by atoms with van der Waals surface area (Å²) in [6.07, 6.45) is 0.642. The van der Waals surface area contributed by atoms with Crippen molar-refractivity contribution < 1.29 is 22.7 Å². The highest BCUT2D eigenvalue weighted by Crippen LogP contribution is 2.43. The minimum Gasteiger partial charge on any atom is -0.413 e. The van der Waals surface area contributed by atoms with Gasteiger partial charge in [-0.1, -0.05) is 46.1 Å². The van der Waals surface area contributed by atoms with Gasteiger partial charge in [-0.05, 0) is 67.1 Å². The van der Waals surface area contributed by atoms with Crippen molar-refractivity contribution in [2.75, 3.05) is 0 Å². The highest BCUT2D eigenvalue weighted by Gasteiger charge is 2.40.